The summed E-state index contributed by atoms with van der Waals surface area (Å²) in [5.74, 6) is -0.0211. The van der Waals surface area contributed by atoms with Crippen LogP contribution >= 0.6 is 11.6 Å². The van der Waals surface area contributed by atoms with Gasteiger partial charge in [-0.1, -0.05) is 23.7 Å². The van der Waals surface area contributed by atoms with Crippen LogP contribution in [0.2, 0.25) is 5.15 Å². The number of aromatic carboxylic acids is 1. The maximum atomic E-state index is 10.8. The molecule has 1 aromatic carbocycles. The number of carboxylic acids is 1. The molecule has 0 aliphatic carbocycles. The molecule has 1 aromatic heterocycles. The number of hydrogen-bond donors (Lipinski definition) is 1. The molecular weight excluding hydrogens is 278 g/mol. The van der Waals surface area contributed by atoms with E-state index in [1.165, 1.54) is 0 Å². The highest BCUT2D eigenvalue weighted by atomic mass is 35.5. The van der Waals surface area contributed by atoms with Crippen LogP contribution in [0.3, 0.4) is 0 Å². The summed E-state index contributed by atoms with van der Waals surface area (Å²) in [6.07, 6.45) is 1.63. The SMILES string of the molecule is CN(Cc1ccc(C(=O)O)cc1)Cc1ncc(Cl)n1C. The summed E-state index contributed by atoms with van der Waals surface area (Å²) in [6, 6.07) is 6.88. The highest BCUT2D eigenvalue weighted by Gasteiger charge is 2.09. The van der Waals surface area contributed by atoms with Gasteiger partial charge in [-0.15, -0.1) is 0 Å². The summed E-state index contributed by atoms with van der Waals surface area (Å²) in [5, 5.41) is 9.46. The first-order chi connectivity index (χ1) is 9.47. The molecule has 0 bridgehead atoms. The average molecular weight is 294 g/mol. The fourth-order valence-corrected chi connectivity index (χ4v) is 2.08. The molecule has 20 heavy (non-hydrogen) atoms. The molecule has 0 saturated carbocycles. The van der Waals surface area contributed by atoms with Crippen LogP contribution in [0.4, 0.5) is 0 Å². The number of carbonyl (C=O) groups is 1. The molecule has 0 amide bonds. The largest absolute Gasteiger partial charge is 0.478 e. The topological polar surface area (TPSA) is 58.4 Å². The van der Waals surface area contributed by atoms with Crippen LogP contribution in [0.5, 0.6) is 0 Å². The van der Waals surface area contributed by atoms with Crippen LogP contribution in [-0.2, 0) is 20.1 Å². The number of imidazole rings is 1. The fraction of sp³-hybridized carbons (Fsp3) is 0.286. The smallest absolute Gasteiger partial charge is 0.335 e. The normalized spacial score (nSPS) is 11.0. The summed E-state index contributed by atoms with van der Waals surface area (Å²) in [5.41, 5.74) is 1.35. The zero-order valence-electron chi connectivity index (χ0n) is 11.4. The van der Waals surface area contributed by atoms with E-state index in [1.54, 1.807) is 18.3 Å². The number of carboxylic acid groups (broad SMARTS) is 1. The lowest BCUT2D eigenvalue weighted by Gasteiger charge is -2.16. The monoisotopic (exact) mass is 293 g/mol. The molecule has 1 heterocycles. The molecule has 0 spiro atoms. The Bertz CT molecular complexity index is 607. The van der Waals surface area contributed by atoms with Crippen LogP contribution in [-0.4, -0.2) is 32.6 Å². The lowest BCUT2D eigenvalue weighted by atomic mass is 10.1. The minimum Gasteiger partial charge on any atom is -0.478 e. The second-order valence-corrected chi connectivity index (χ2v) is 5.12. The fourth-order valence-electron chi connectivity index (χ4n) is 1.93. The zero-order chi connectivity index (χ0) is 14.7. The van der Waals surface area contributed by atoms with Gasteiger partial charge < -0.3 is 9.67 Å². The van der Waals surface area contributed by atoms with Gasteiger partial charge >= 0.3 is 5.97 Å². The first kappa shape index (κ1) is 14.6. The summed E-state index contributed by atoms with van der Waals surface area (Å²) in [7, 11) is 3.86. The quantitative estimate of drug-likeness (QED) is 0.920. The van der Waals surface area contributed by atoms with Gasteiger partial charge in [0.2, 0.25) is 0 Å². The van der Waals surface area contributed by atoms with E-state index in [0.717, 1.165) is 11.4 Å². The van der Waals surface area contributed by atoms with Gasteiger partial charge in [0.05, 0.1) is 18.3 Å². The Morgan fingerprint density at radius 3 is 2.50 bits per heavy atom. The number of hydrogen-bond acceptors (Lipinski definition) is 3. The number of aromatic nitrogens is 2. The molecule has 0 aliphatic rings. The van der Waals surface area contributed by atoms with E-state index in [0.29, 0.717) is 23.8 Å². The van der Waals surface area contributed by atoms with Crippen LogP contribution in [0, 0.1) is 0 Å². The number of halogens is 1. The molecule has 106 valence electrons. The van der Waals surface area contributed by atoms with Gasteiger partial charge in [0, 0.05) is 13.6 Å². The minimum absolute atomic E-state index is 0.298. The Morgan fingerprint density at radius 1 is 1.35 bits per heavy atom. The predicted octanol–water partition coefficient (Wildman–Crippen LogP) is 2.40. The van der Waals surface area contributed by atoms with Crippen molar-refractivity contribution in [2.45, 2.75) is 13.1 Å². The van der Waals surface area contributed by atoms with Crippen molar-refractivity contribution in [2.75, 3.05) is 7.05 Å². The lowest BCUT2D eigenvalue weighted by Crippen LogP contribution is -2.19. The van der Waals surface area contributed by atoms with Gasteiger partial charge in [-0.2, -0.15) is 0 Å². The predicted molar refractivity (Wildman–Crippen MR) is 76.8 cm³/mol. The Balaban J connectivity index is 1.99. The van der Waals surface area contributed by atoms with Crippen molar-refractivity contribution in [3.8, 4) is 0 Å². The van der Waals surface area contributed by atoms with Gasteiger partial charge in [0.25, 0.3) is 0 Å². The van der Waals surface area contributed by atoms with E-state index in [1.807, 2.05) is 30.8 Å². The van der Waals surface area contributed by atoms with Crippen LogP contribution < -0.4 is 0 Å². The van der Waals surface area contributed by atoms with Crippen LogP contribution in [0.25, 0.3) is 0 Å². The molecule has 0 radical (unpaired) electrons. The Labute approximate surface area is 122 Å². The molecule has 2 aromatic rings. The van der Waals surface area contributed by atoms with Crippen molar-refractivity contribution in [1.29, 1.82) is 0 Å². The highest BCUT2D eigenvalue weighted by molar-refractivity contribution is 6.29. The molecule has 5 nitrogen and oxygen atoms in total. The van der Waals surface area contributed by atoms with Crippen molar-refractivity contribution in [3.63, 3.8) is 0 Å². The van der Waals surface area contributed by atoms with E-state index in [9.17, 15) is 4.79 Å². The standard InChI is InChI=1S/C14H16ClN3O2/c1-17(9-13-16-7-12(15)18(13)2)8-10-3-5-11(6-4-10)14(19)20/h3-7H,8-9H2,1-2H3,(H,19,20). The molecule has 1 N–H and O–H groups in total. The van der Waals surface area contributed by atoms with Gasteiger partial charge in [-0.25, -0.2) is 9.78 Å². The summed E-state index contributed by atoms with van der Waals surface area (Å²) >= 11 is 5.95. The van der Waals surface area contributed by atoms with Gasteiger partial charge in [0.15, 0.2) is 0 Å². The van der Waals surface area contributed by atoms with E-state index in [2.05, 4.69) is 9.88 Å². The molecule has 0 fully saturated rings. The zero-order valence-corrected chi connectivity index (χ0v) is 12.1. The van der Waals surface area contributed by atoms with Crippen molar-refractivity contribution < 1.29 is 9.90 Å². The summed E-state index contributed by atoms with van der Waals surface area (Å²) in [6.45, 7) is 1.38. The van der Waals surface area contributed by atoms with E-state index < -0.39 is 5.97 Å². The average Bonchev–Trinajstić information content (AvgIpc) is 2.71. The maximum Gasteiger partial charge on any atom is 0.335 e. The molecular formula is C14H16ClN3O2. The molecule has 6 heteroatoms. The van der Waals surface area contributed by atoms with E-state index >= 15 is 0 Å². The van der Waals surface area contributed by atoms with Crippen molar-refractivity contribution in [2.24, 2.45) is 7.05 Å². The number of rotatable bonds is 5. The summed E-state index contributed by atoms with van der Waals surface area (Å²) in [4.78, 5) is 17.1. The first-order valence-electron chi connectivity index (χ1n) is 6.14. The lowest BCUT2D eigenvalue weighted by molar-refractivity contribution is 0.0697. The van der Waals surface area contributed by atoms with Crippen molar-refractivity contribution >= 4 is 17.6 Å². The van der Waals surface area contributed by atoms with Gasteiger partial charge in [0.1, 0.15) is 11.0 Å². The minimum atomic E-state index is -0.910. The van der Waals surface area contributed by atoms with E-state index in [-0.39, 0.29) is 0 Å². The van der Waals surface area contributed by atoms with Crippen molar-refractivity contribution in [1.82, 2.24) is 14.5 Å². The molecule has 0 aliphatic heterocycles. The number of benzene rings is 1. The Morgan fingerprint density at radius 2 is 2.00 bits per heavy atom. The Kier molecular flexibility index (Phi) is 4.42. The third kappa shape index (κ3) is 3.37. The van der Waals surface area contributed by atoms with Crippen molar-refractivity contribution in [3.05, 3.63) is 52.6 Å². The molecule has 0 atom stereocenters. The first-order valence-corrected chi connectivity index (χ1v) is 6.52. The highest BCUT2D eigenvalue weighted by Crippen LogP contribution is 2.12. The number of nitrogens with zero attached hydrogens (tertiary/aromatic N) is 3. The molecule has 0 saturated heterocycles. The Hall–Kier alpha value is -1.85. The summed E-state index contributed by atoms with van der Waals surface area (Å²) < 4.78 is 1.84. The third-order valence-corrected chi connectivity index (χ3v) is 3.44. The second-order valence-electron chi connectivity index (χ2n) is 4.73. The second kappa shape index (κ2) is 6.07. The molecule has 2 rings (SSSR count). The molecule has 0 unspecified atom stereocenters. The third-order valence-electron chi connectivity index (χ3n) is 3.09. The van der Waals surface area contributed by atoms with Crippen LogP contribution in [0.15, 0.2) is 30.5 Å². The van der Waals surface area contributed by atoms with Gasteiger partial charge in [-0.05, 0) is 24.7 Å². The van der Waals surface area contributed by atoms with Gasteiger partial charge in [-0.3, -0.25) is 4.90 Å². The van der Waals surface area contributed by atoms with E-state index in [4.69, 9.17) is 16.7 Å². The van der Waals surface area contributed by atoms with Crippen LogP contribution in [0.1, 0.15) is 21.7 Å². The maximum absolute atomic E-state index is 10.8.